The third-order valence-electron chi connectivity index (χ3n) is 0.979. The van der Waals surface area contributed by atoms with Crippen LogP contribution in [0.15, 0.2) is 11.5 Å². The second-order valence-corrected chi connectivity index (χ2v) is 1.43. The fourth-order valence-electron chi connectivity index (χ4n) is 0.227. The van der Waals surface area contributed by atoms with Crippen LogP contribution >= 0.6 is 0 Å². The van der Waals surface area contributed by atoms with Crippen molar-refractivity contribution >= 4 is 0 Å². The van der Waals surface area contributed by atoms with E-state index in [1.165, 1.54) is 0 Å². The molecule has 0 bridgehead atoms. The van der Waals surface area contributed by atoms with Crippen molar-refractivity contribution in [2.75, 3.05) is 7.11 Å². The molecule has 0 fully saturated rings. The molecule has 48 valence electrons. The van der Waals surface area contributed by atoms with E-state index in [1.807, 2.05) is 0 Å². The molecule has 0 aliphatic rings. The van der Waals surface area contributed by atoms with E-state index in [0.717, 1.165) is 0 Å². The highest BCUT2D eigenvalue weighted by molar-refractivity contribution is 4.93. The number of hydrogen-bond donors (Lipinski definition) is 1. The minimum atomic E-state index is 0.604. The van der Waals surface area contributed by atoms with Crippen molar-refractivity contribution < 1.29 is 9.57 Å². The van der Waals surface area contributed by atoms with Gasteiger partial charge in [-0.25, -0.2) is 0 Å². The van der Waals surface area contributed by atoms with Gasteiger partial charge in [-0.05, 0) is 13.8 Å². The zero-order valence-electron chi connectivity index (χ0n) is 5.39. The van der Waals surface area contributed by atoms with Crippen LogP contribution in [0.2, 0.25) is 0 Å². The first-order chi connectivity index (χ1) is 3.72. The molecule has 0 atom stereocenters. The SMILES string of the molecule is CO/C(C)=C(/C)ON. The Morgan fingerprint density at radius 3 is 1.88 bits per heavy atom. The van der Waals surface area contributed by atoms with E-state index in [9.17, 15) is 0 Å². The monoisotopic (exact) mass is 117 g/mol. The summed E-state index contributed by atoms with van der Waals surface area (Å²) >= 11 is 0. The Morgan fingerprint density at radius 2 is 1.75 bits per heavy atom. The number of rotatable bonds is 2. The molecule has 0 radical (unpaired) electrons. The van der Waals surface area contributed by atoms with Crippen molar-refractivity contribution in [3.05, 3.63) is 11.5 Å². The molecule has 8 heavy (non-hydrogen) atoms. The molecular weight excluding hydrogens is 106 g/mol. The van der Waals surface area contributed by atoms with Crippen LogP contribution < -0.4 is 5.90 Å². The molecule has 0 aromatic rings. The van der Waals surface area contributed by atoms with Crippen molar-refractivity contribution in [1.82, 2.24) is 0 Å². The van der Waals surface area contributed by atoms with Crippen LogP contribution in [0.4, 0.5) is 0 Å². The number of methoxy groups -OCH3 is 1. The fourth-order valence-corrected chi connectivity index (χ4v) is 0.227. The van der Waals surface area contributed by atoms with Gasteiger partial charge in [0.2, 0.25) is 0 Å². The summed E-state index contributed by atoms with van der Waals surface area (Å²) in [5.41, 5.74) is 0. The van der Waals surface area contributed by atoms with E-state index >= 15 is 0 Å². The maximum absolute atomic E-state index is 4.81. The van der Waals surface area contributed by atoms with Gasteiger partial charge in [0.15, 0.2) is 5.76 Å². The van der Waals surface area contributed by atoms with Crippen LogP contribution in [-0.2, 0) is 9.57 Å². The van der Waals surface area contributed by atoms with Crippen LogP contribution in [0, 0.1) is 0 Å². The summed E-state index contributed by atoms with van der Waals surface area (Å²) < 4.78 is 4.78. The molecule has 0 spiro atoms. The predicted molar refractivity (Wildman–Crippen MR) is 30.7 cm³/mol. The Bertz CT molecular complexity index is 86.6. The molecule has 0 aromatic carbocycles. The maximum Gasteiger partial charge on any atom is 0.158 e. The Labute approximate surface area is 49.0 Å². The lowest BCUT2D eigenvalue weighted by molar-refractivity contribution is 0.183. The van der Waals surface area contributed by atoms with E-state index in [4.69, 9.17) is 10.6 Å². The molecule has 2 N–H and O–H groups in total. The van der Waals surface area contributed by atoms with Crippen molar-refractivity contribution in [3.8, 4) is 0 Å². The molecule has 0 saturated carbocycles. The van der Waals surface area contributed by atoms with Crippen LogP contribution in [-0.4, -0.2) is 7.11 Å². The first kappa shape index (κ1) is 7.30. The van der Waals surface area contributed by atoms with E-state index < -0.39 is 0 Å². The van der Waals surface area contributed by atoms with Crippen LogP contribution in [0.25, 0.3) is 0 Å². The van der Waals surface area contributed by atoms with Gasteiger partial charge in [-0.1, -0.05) is 0 Å². The van der Waals surface area contributed by atoms with Crippen LogP contribution in [0.1, 0.15) is 13.8 Å². The summed E-state index contributed by atoms with van der Waals surface area (Å²) in [6.07, 6.45) is 0. The standard InChI is InChI=1S/C5H11NO2/c1-4(7-3)5(2)8-6/h6H2,1-3H3/b5-4-. The van der Waals surface area contributed by atoms with Gasteiger partial charge in [-0.2, -0.15) is 5.90 Å². The van der Waals surface area contributed by atoms with Gasteiger partial charge in [-0.15, -0.1) is 0 Å². The topological polar surface area (TPSA) is 44.5 Å². The van der Waals surface area contributed by atoms with Gasteiger partial charge in [0.1, 0.15) is 5.76 Å². The molecular formula is C5H11NO2. The quantitative estimate of drug-likeness (QED) is 0.429. The van der Waals surface area contributed by atoms with E-state index in [1.54, 1.807) is 21.0 Å². The second-order valence-electron chi connectivity index (χ2n) is 1.43. The molecule has 3 nitrogen and oxygen atoms in total. The van der Waals surface area contributed by atoms with Crippen molar-refractivity contribution in [2.24, 2.45) is 5.90 Å². The minimum Gasteiger partial charge on any atom is -0.498 e. The molecule has 0 aromatic heterocycles. The smallest absolute Gasteiger partial charge is 0.158 e. The van der Waals surface area contributed by atoms with Crippen molar-refractivity contribution in [2.45, 2.75) is 13.8 Å². The normalized spacial score (nSPS) is 12.5. The zero-order chi connectivity index (χ0) is 6.57. The van der Waals surface area contributed by atoms with Gasteiger partial charge >= 0.3 is 0 Å². The van der Waals surface area contributed by atoms with Gasteiger partial charge in [0.25, 0.3) is 0 Å². The molecule has 0 unspecified atom stereocenters. The summed E-state index contributed by atoms with van der Waals surface area (Å²) in [7, 11) is 1.57. The second kappa shape index (κ2) is 3.32. The number of nitrogens with two attached hydrogens (primary N) is 1. The summed E-state index contributed by atoms with van der Waals surface area (Å²) in [4.78, 5) is 4.36. The molecule has 0 saturated heterocycles. The molecule has 0 rings (SSSR count). The molecule has 0 heterocycles. The molecule has 0 amide bonds. The van der Waals surface area contributed by atoms with E-state index in [2.05, 4.69) is 4.84 Å². The largest absolute Gasteiger partial charge is 0.498 e. The number of ether oxygens (including phenoxy) is 1. The molecule has 0 aliphatic carbocycles. The minimum absolute atomic E-state index is 0.604. The summed E-state index contributed by atoms with van der Waals surface area (Å²) in [5.74, 6) is 6.12. The van der Waals surface area contributed by atoms with Crippen molar-refractivity contribution in [1.29, 1.82) is 0 Å². The first-order valence-corrected chi connectivity index (χ1v) is 2.30. The number of allylic oxidation sites excluding steroid dienone is 2. The highest BCUT2D eigenvalue weighted by Gasteiger charge is 1.92. The van der Waals surface area contributed by atoms with Gasteiger partial charge in [0, 0.05) is 0 Å². The van der Waals surface area contributed by atoms with Crippen LogP contribution in [0.5, 0.6) is 0 Å². The van der Waals surface area contributed by atoms with E-state index in [-0.39, 0.29) is 0 Å². The average Bonchev–Trinajstić information content (AvgIpc) is 1.84. The summed E-state index contributed by atoms with van der Waals surface area (Å²) in [6, 6.07) is 0. The Morgan fingerprint density at radius 1 is 1.25 bits per heavy atom. The van der Waals surface area contributed by atoms with E-state index in [0.29, 0.717) is 11.5 Å². The molecule has 3 heteroatoms. The lowest BCUT2D eigenvalue weighted by Gasteiger charge is -2.01. The third-order valence-corrected chi connectivity index (χ3v) is 0.979. The van der Waals surface area contributed by atoms with Crippen molar-refractivity contribution in [3.63, 3.8) is 0 Å². The van der Waals surface area contributed by atoms with Gasteiger partial charge in [0.05, 0.1) is 7.11 Å². The lowest BCUT2D eigenvalue weighted by Crippen LogP contribution is -1.98. The Hall–Kier alpha value is -0.700. The maximum atomic E-state index is 4.81. The Kier molecular flexibility index (Phi) is 3.03. The average molecular weight is 117 g/mol. The van der Waals surface area contributed by atoms with Gasteiger partial charge in [-0.3, -0.25) is 0 Å². The first-order valence-electron chi connectivity index (χ1n) is 2.30. The third kappa shape index (κ3) is 1.84. The molecule has 0 aliphatic heterocycles. The summed E-state index contributed by atoms with van der Waals surface area (Å²) in [6.45, 7) is 3.51. The van der Waals surface area contributed by atoms with Gasteiger partial charge < -0.3 is 9.57 Å². The number of hydrogen-bond acceptors (Lipinski definition) is 3. The highest BCUT2D eigenvalue weighted by Crippen LogP contribution is 2.00. The fraction of sp³-hybridized carbons (Fsp3) is 0.600. The predicted octanol–water partition coefficient (Wildman–Crippen LogP) is 0.774. The lowest BCUT2D eigenvalue weighted by atomic mass is 10.5. The Balaban J connectivity index is 3.83. The summed E-state index contributed by atoms with van der Waals surface area (Å²) in [5, 5.41) is 0. The zero-order valence-corrected chi connectivity index (χ0v) is 5.39. The van der Waals surface area contributed by atoms with Crippen LogP contribution in [0.3, 0.4) is 0 Å². The highest BCUT2D eigenvalue weighted by atomic mass is 16.6.